The molecular weight excluding hydrogens is 650 g/mol. The fourth-order valence-corrected chi connectivity index (χ4v) is 7.83. The van der Waals surface area contributed by atoms with E-state index in [-0.39, 0.29) is 35.5 Å². The Kier molecular flexibility index (Phi) is 10.5. The first-order chi connectivity index (χ1) is 23.3. The molecule has 1 N–H and O–H groups in total. The van der Waals surface area contributed by atoms with E-state index in [1.165, 1.54) is 17.0 Å². The number of nitrogens with one attached hydrogen (secondary N) is 1. The van der Waals surface area contributed by atoms with Crippen molar-refractivity contribution in [2.45, 2.75) is 55.6 Å². The van der Waals surface area contributed by atoms with E-state index < -0.39 is 28.5 Å². The van der Waals surface area contributed by atoms with Gasteiger partial charge in [-0.15, -0.1) is 0 Å². The van der Waals surface area contributed by atoms with Gasteiger partial charge in [0.2, 0.25) is 11.8 Å². The molecule has 1 aliphatic heterocycles. The second kappa shape index (κ2) is 15.1. The van der Waals surface area contributed by atoms with Crippen molar-refractivity contribution in [1.82, 2.24) is 10.2 Å². The molecule has 2 amide bonds. The summed E-state index contributed by atoms with van der Waals surface area (Å²) in [6.45, 7) is 0.154. The Balaban J connectivity index is 1.41. The number of nitrogens with zero attached hydrogens (tertiary/aromatic N) is 2. The van der Waals surface area contributed by atoms with E-state index in [2.05, 4.69) is 5.32 Å². The molecule has 6 rings (SSSR count). The van der Waals surface area contributed by atoms with Gasteiger partial charge in [0.15, 0.2) is 11.5 Å². The third-order valence-electron chi connectivity index (χ3n) is 8.64. The van der Waals surface area contributed by atoms with E-state index in [1.54, 1.807) is 54.6 Å². The zero-order valence-electron chi connectivity index (χ0n) is 26.5. The predicted molar refractivity (Wildman–Crippen MR) is 185 cm³/mol. The zero-order valence-corrected chi connectivity index (χ0v) is 28.0. The molecule has 0 aromatic heterocycles. The number of carbonyl (C=O) groups excluding carboxylic acids is 2. The van der Waals surface area contributed by atoms with E-state index in [1.807, 2.05) is 36.4 Å². The van der Waals surface area contributed by atoms with Gasteiger partial charge in [0, 0.05) is 30.1 Å². The lowest BCUT2D eigenvalue weighted by molar-refractivity contribution is -0.140. The summed E-state index contributed by atoms with van der Waals surface area (Å²) in [5.41, 5.74) is 1.81. The average molecular weight is 688 g/mol. The largest absolute Gasteiger partial charge is 0.486 e. The second-order valence-corrected chi connectivity index (χ2v) is 14.3. The van der Waals surface area contributed by atoms with E-state index in [4.69, 9.17) is 21.1 Å². The van der Waals surface area contributed by atoms with Crippen LogP contribution in [0.25, 0.3) is 0 Å². The molecule has 4 aromatic carbocycles. The molecule has 1 fully saturated rings. The van der Waals surface area contributed by atoms with Gasteiger partial charge < -0.3 is 19.7 Å². The van der Waals surface area contributed by atoms with Crippen LogP contribution >= 0.6 is 11.6 Å². The van der Waals surface area contributed by atoms with Gasteiger partial charge in [-0.05, 0) is 60.4 Å². The number of hydrogen-bond donors (Lipinski definition) is 1. The van der Waals surface area contributed by atoms with Crippen molar-refractivity contribution in [3.05, 3.63) is 119 Å². The Bertz CT molecular complexity index is 1830. The molecule has 0 unspecified atom stereocenters. The maximum Gasteiger partial charge on any atom is 0.264 e. The highest BCUT2D eigenvalue weighted by Gasteiger charge is 2.36. The van der Waals surface area contributed by atoms with Gasteiger partial charge >= 0.3 is 0 Å². The summed E-state index contributed by atoms with van der Waals surface area (Å²) in [6, 6.07) is 28.5. The Hall–Kier alpha value is -4.54. The zero-order chi connectivity index (χ0) is 33.5. The average Bonchev–Trinajstić information content (AvgIpc) is 3.62. The van der Waals surface area contributed by atoms with Gasteiger partial charge in [0.25, 0.3) is 10.0 Å². The number of carbonyl (C=O) groups is 2. The summed E-state index contributed by atoms with van der Waals surface area (Å²) >= 11 is 6.35. The molecule has 0 bridgehead atoms. The van der Waals surface area contributed by atoms with E-state index >= 15 is 0 Å². The van der Waals surface area contributed by atoms with Crippen molar-refractivity contribution in [3.63, 3.8) is 0 Å². The topological polar surface area (TPSA) is 105 Å². The summed E-state index contributed by atoms with van der Waals surface area (Å²) in [4.78, 5) is 30.4. The highest BCUT2D eigenvalue weighted by molar-refractivity contribution is 7.92. The maximum absolute atomic E-state index is 14.7. The molecule has 1 atom stereocenters. The smallest absolute Gasteiger partial charge is 0.264 e. The second-order valence-electron chi connectivity index (χ2n) is 12.0. The molecule has 2 aliphatic rings. The lowest BCUT2D eigenvalue weighted by Gasteiger charge is -2.34. The Morgan fingerprint density at radius 3 is 2.19 bits per heavy atom. The fourth-order valence-electron chi connectivity index (χ4n) is 6.19. The molecule has 1 saturated carbocycles. The van der Waals surface area contributed by atoms with Crippen molar-refractivity contribution < 1.29 is 27.5 Å². The van der Waals surface area contributed by atoms with Crippen molar-refractivity contribution in [2.24, 2.45) is 0 Å². The molecule has 0 saturated heterocycles. The van der Waals surface area contributed by atoms with Crippen molar-refractivity contribution in [2.75, 3.05) is 24.1 Å². The molecule has 250 valence electrons. The molecule has 4 aromatic rings. The van der Waals surface area contributed by atoms with Gasteiger partial charge in [0.05, 0.1) is 10.6 Å². The third kappa shape index (κ3) is 7.94. The summed E-state index contributed by atoms with van der Waals surface area (Å²) < 4.78 is 41.1. The van der Waals surface area contributed by atoms with Gasteiger partial charge in [-0.2, -0.15) is 0 Å². The van der Waals surface area contributed by atoms with Crippen LogP contribution in [0.3, 0.4) is 0 Å². The Morgan fingerprint density at radius 2 is 1.48 bits per heavy atom. The first-order valence-corrected chi connectivity index (χ1v) is 18.0. The van der Waals surface area contributed by atoms with Crippen molar-refractivity contribution in [3.8, 4) is 11.5 Å². The van der Waals surface area contributed by atoms with Gasteiger partial charge in [-0.25, -0.2) is 8.42 Å². The molecule has 1 heterocycles. The van der Waals surface area contributed by atoms with Crippen LogP contribution in [0, 0.1) is 0 Å². The van der Waals surface area contributed by atoms with Crippen LogP contribution in [0.4, 0.5) is 5.69 Å². The summed E-state index contributed by atoms with van der Waals surface area (Å²) in [6.07, 6.45) is 4.04. The number of fused-ring (bicyclic) bond motifs is 1. The van der Waals surface area contributed by atoms with Crippen LogP contribution < -0.4 is 19.1 Å². The molecule has 0 radical (unpaired) electrons. The van der Waals surface area contributed by atoms with Crippen LogP contribution in [-0.2, 0) is 32.6 Å². The summed E-state index contributed by atoms with van der Waals surface area (Å²) in [7, 11) is -4.24. The van der Waals surface area contributed by atoms with Crippen molar-refractivity contribution >= 4 is 39.1 Å². The summed E-state index contributed by atoms with van der Waals surface area (Å²) in [5, 5.41) is 3.67. The standard InChI is InChI=1S/C37H38ClN3O6S/c38-29-13-9-12-28(22-29)25-40(33(23-27-10-3-1-4-11-27)37(43)39-30-14-7-8-15-30)36(42)26-41(48(44,45)32-16-5-2-6-17-32)31-18-19-34-35(24-31)47-21-20-46-34/h1-6,9-13,16-19,22,24,30,33H,7-8,14-15,20-21,23,25-26H2,(H,39,43)/t33-/m0/s1. The van der Waals surface area contributed by atoms with E-state index in [9.17, 15) is 18.0 Å². The number of ether oxygens (including phenoxy) is 2. The van der Waals surface area contributed by atoms with Gasteiger partial charge in [-0.1, -0.05) is 85.1 Å². The number of halogens is 1. The number of sulfonamides is 1. The molecule has 9 nitrogen and oxygen atoms in total. The Labute approximate surface area is 286 Å². The maximum atomic E-state index is 14.7. The number of hydrogen-bond acceptors (Lipinski definition) is 6. The predicted octanol–water partition coefficient (Wildman–Crippen LogP) is 6.01. The number of amides is 2. The normalized spacial score (nSPS) is 15.0. The SMILES string of the molecule is O=C(NC1CCCC1)[C@H](Cc1ccccc1)N(Cc1cccc(Cl)c1)C(=O)CN(c1ccc2c(c1)OCCO2)S(=O)(=O)c1ccccc1. The first kappa shape index (κ1) is 33.4. The van der Waals surface area contributed by atoms with Gasteiger partial charge in [0.1, 0.15) is 25.8 Å². The third-order valence-corrected chi connectivity index (χ3v) is 10.7. The minimum absolute atomic E-state index is 0.0200. The molecule has 0 spiro atoms. The van der Waals surface area contributed by atoms with Gasteiger partial charge in [-0.3, -0.25) is 13.9 Å². The summed E-state index contributed by atoms with van der Waals surface area (Å²) in [5.74, 6) is 0.0421. The monoisotopic (exact) mass is 687 g/mol. The lowest BCUT2D eigenvalue weighted by atomic mass is 10.0. The van der Waals surface area contributed by atoms with E-state index in [0.29, 0.717) is 35.3 Å². The molecule has 48 heavy (non-hydrogen) atoms. The molecule has 11 heteroatoms. The van der Waals surface area contributed by atoms with Crippen LogP contribution in [0.2, 0.25) is 5.02 Å². The lowest BCUT2D eigenvalue weighted by Crippen LogP contribution is -2.54. The highest BCUT2D eigenvalue weighted by atomic mass is 35.5. The van der Waals surface area contributed by atoms with Crippen LogP contribution in [0.15, 0.2) is 108 Å². The number of benzene rings is 4. The molecule has 1 aliphatic carbocycles. The fraction of sp³-hybridized carbons (Fsp3) is 0.297. The van der Waals surface area contributed by atoms with Crippen molar-refractivity contribution in [1.29, 1.82) is 0 Å². The highest BCUT2D eigenvalue weighted by Crippen LogP contribution is 2.36. The Morgan fingerprint density at radius 1 is 0.812 bits per heavy atom. The number of anilines is 1. The van der Waals surface area contributed by atoms with Crippen LogP contribution in [0.5, 0.6) is 11.5 Å². The van der Waals surface area contributed by atoms with Crippen LogP contribution in [-0.4, -0.2) is 57.0 Å². The first-order valence-electron chi connectivity index (χ1n) is 16.1. The van der Waals surface area contributed by atoms with Crippen LogP contribution in [0.1, 0.15) is 36.8 Å². The number of rotatable bonds is 12. The minimum atomic E-state index is -4.24. The molecular formula is C37H38ClN3O6S. The van der Waals surface area contributed by atoms with E-state index in [0.717, 1.165) is 35.6 Å². The minimum Gasteiger partial charge on any atom is -0.486 e. The quantitative estimate of drug-likeness (QED) is 0.196.